The molecule has 0 saturated carbocycles. The molecule has 190 valence electrons. The molecule has 0 N–H and O–H groups in total. The summed E-state index contributed by atoms with van der Waals surface area (Å²) in [5.41, 5.74) is 3.27. The molecule has 0 aliphatic rings. The molecule has 0 spiro atoms. The third-order valence-corrected chi connectivity index (χ3v) is 8.14. The van der Waals surface area contributed by atoms with Crippen molar-refractivity contribution in [3.8, 4) is 5.75 Å². The molecule has 3 nitrogen and oxygen atoms in total. The Balaban J connectivity index is 1.86. The van der Waals surface area contributed by atoms with Gasteiger partial charge in [-0.3, -0.25) is 0 Å². The molecule has 0 aliphatic heterocycles. The zero-order valence-corrected chi connectivity index (χ0v) is 23.5. The Labute approximate surface area is 219 Å². The van der Waals surface area contributed by atoms with Crippen LogP contribution in [0.5, 0.6) is 5.75 Å². The number of carbonyl (C=O) groups excluding carboxylic acids is 1. The average molecular weight is 504 g/mol. The predicted octanol–water partition coefficient (Wildman–Crippen LogP) is 7.88. The van der Waals surface area contributed by atoms with Crippen molar-refractivity contribution in [3.05, 3.63) is 96.1 Å². The van der Waals surface area contributed by atoms with Gasteiger partial charge in [0.05, 0.1) is 10.9 Å². The van der Waals surface area contributed by atoms with E-state index < -0.39 is 5.97 Å². The second-order valence-electron chi connectivity index (χ2n) is 11.1. The van der Waals surface area contributed by atoms with Gasteiger partial charge in [-0.2, -0.15) is 0 Å². The van der Waals surface area contributed by atoms with E-state index in [1.807, 2.05) is 12.1 Å². The maximum absolute atomic E-state index is 11.5. The quantitative estimate of drug-likeness (QED) is 0.136. The molecular formula is C32H39O3S+. The fourth-order valence-electron chi connectivity index (χ4n) is 3.68. The van der Waals surface area contributed by atoms with Gasteiger partial charge in [-0.1, -0.05) is 72.4 Å². The normalized spacial score (nSPS) is 11.9. The summed E-state index contributed by atoms with van der Waals surface area (Å²) in [6.07, 6.45) is 0. The SMILES string of the molecule is C=C(C)C(=O)OCCOc1ccc([S+](c2ccc(C(C)(C)C)cc2)c2ccc(C(C)(C)C)cc2)cc1. The Kier molecular flexibility index (Phi) is 8.73. The van der Waals surface area contributed by atoms with Crippen molar-refractivity contribution in [2.45, 2.75) is 74.0 Å². The highest BCUT2D eigenvalue weighted by Crippen LogP contribution is 2.35. The van der Waals surface area contributed by atoms with Gasteiger partial charge < -0.3 is 9.47 Å². The Morgan fingerprint density at radius 2 is 1.08 bits per heavy atom. The van der Waals surface area contributed by atoms with Gasteiger partial charge in [-0.05, 0) is 77.4 Å². The maximum Gasteiger partial charge on any atom is 0.333 e. The van der Waals surface area contributed by atoms with Crippen LogP contribution in [0.2, 0.25) is 0 Å². The average Bonchev–Trinajstić information content (AvgIpc) is 2.82. The number of hydrogen-bond donors (Lipinski definition) is 0. The Bertz CT molecular complexity index is 1110. The third kappa shape index (κ3) is 7.27. The van der Waals surface area contributed by atoms with Crippen LogP contribution in [-0.2, 0) is 31.3 Å². The van der Waals surface area contributed by atoms with E-state index in [2.05, 4.69) is 109 Å². The van der Waals surface area contributed by atoms with E-state index in [1.54, 1.807) is 6.92 Å². The maximum atomic E-state index is 11.5. The molecule has 0 atom stereocenters. The molecule has 3 aromatic rings. The highest BCUT2D eigenvalue weighted by atomic mass is 32.2. The molecule has 3 aromatic carbocycles. The Morgan fingerprint density at radius 3 is 1.44 bits per heavy atom. The lowest BCUT2D eigenvalue weighted by Gasteiger charge is -2.20. The van der Waals surface area contributed by atoms with Crippen LogP contribution in [0, 0.1) is 0 Å². The van der Waals surface area contributed by atoms with Crippen molar-refractivity contribution < 1.29 is 14.3 Å². The lowest BCUT2D eigenvalue weighted by Crippen LogP contribution is -2.13. The number of ether oxygens (including phenoxy) is 2. The van der Waals surface area contributed by atoms with Crippen molar-refractivity contribution in [2.24, 2.45) is 0 Å². The van der Waals surface area contributed by atoms with Gasteiger partial charge in [0.25, 0.3) is 0 Å². The van der Waals surface area contributed by atoms with Gasteiger partial charge in [0.15, 0.2) is 14.7 Å². The van der Waals surface area contributed by atoms with E-state index in [-0.39, 0.29) is 28.3 Å². The molecule has 0 aliphatic carbocycles. The van der Waals surface area contributed by atoms with Crippen LogP contribution in [0.1, 0.15) is 59.6 Å². The van der Waals surface area contributed by atoms with E-state index in [0.717, 1.165) is 5.75 Å². The van der Waals surface area contributed by atoms with Crippen molar-refractivity contribution in [1.29, 1.82) is 0 Å². The molecule has 0 aromatic heterocycles. The summed E-state index contributed by atoms with van der Waals surface area (Å²) in [4.78, 5) is 15.3. The van der Waals surface area contributed by atoms with E-state index in [1.165, 1.54) is 25.8 Å². The largest absolute Gasteiger partial charge is 0.490 e. The number of hydrogen-bond acceptors (Lipinski definition) is 3. The van der Waals surface area contributed by atoms with E-state index in [4.69, 9.17) is 9.47 Å². The summed E-state index contributed by atoms with van der Waals surface area (Å²) in [5, 5.41) is 0. The minimum absolute atomic E-state index is 0.114. The lowest BCUT2D eigenvalue weighted by molar-refractivity contribution is -0.139. The standard InChI is InChI=1S/C32H39O3S/c1-23(2)30(33)35-22-21-34-26-13-19-29(20-14-26)36(27-15-9-24(10-16-27)31(3,4)5)28-17-11-25(12-18-28)32(6,7)8/h9-20H,1,21-22H2,2-8H3/q+1. The van der Waals surface area contributed by atoms with Gasteiger partial charge in [0.2, 0.25) is 0 Å². The zero-order valence-electron chi connectivity index (χ0n) is 22.7. The van der Waals surface area contributed by atoms with Crippen LogP contribution in [0.3, 0.4) is 0 Å². The van der Waals surface area contributed by atoms with Crippen LogP contribution in [0.15, 0.2) is 99.6 Å². The zero-order chi connectivity index (χ0) is 26.5. The number of carbonyl (C=O) groups is 1. The highest BCUT2D eigenvalue weighted by molar-refractivity contribution is 7.97. The molecule has 0 radical (unpaired) electrons. The number of benzene rings is 3. The van der Waals surface area contributed by atoms with Crippen LogP contribution in [-0.4, -0.2) is 19.2 Å². The van der Waals surface area contributed by atoms with Gasteiger partial charge in [0, 0.05) is 5.57 Å². The lowest BCUT2D eigenvalue weighted by atomic mass is 9.87. The summed E-state index contributed by atoms with van der Waals surface area (Å²) in [6.45, 7) is 19.2. The van der Waals surface area contributed by atoms with Gasteiger partial charge >= 0.3 is 5.97 Å². The van der Waals surface area contributed by atoms with Crippen molar-refractivity contribution in [1.82, 2.24) is 0 Å². The Morgan fingerprint density at radius 1 is 0.694 bits per heavy atom. The van der Waals surface area contributed by atoms with Gasteiger partial charge in [-0.25, -0.2) is 4.79 Å². The molecule has 0 fully saturated rings. The number of rotatable bonds is 8. The predicted molar refractivity (Wildman–Crippen MR) is 150 cm³/mol. The van der Waals surface area contributed by atoms with Gasteiger partial charge in [0.1, 0.15) is 19.0 Å². The van der Waals surface area contributed by atoms with Crippen LogP contribution >= 0.6 is 0 Å². The third-order valence-electron chi connectivity index (χ3n) is 5.91. The smallest absolute Gasteiger partial charge is 0.333 e. The van der Waals surface area contributed by atoms with Crippen LogP contribution in [0.25, 0.3) is 0 Å². The van der Waals surface area contributed by atoms with Crippen molar-refractivity contribution in [2.75, 3.05) is 13.2 Å². The first-order valence-corrected chi connectivity index (χ1v) is 13.6. The molecule has 3 rings (SSSR count). The first-order chi connectivity index (χ1) is 16.9. The topological polar surface area (TPSA) is 35.5 Å². The number of esters is 1. The molecule has 0 amide bonds. The molecular weight excluding hydrogens is 464 g/mol. The summed E-state index contributed by atoms with van der Waals surface area (Å²) < 4.78 is 10.9. The van der Waals surface area contributed by atoms with E-state index >= 15 is 0 Å². The second kappa shape index (κ2) is 11.4. The van der Waals surface area contributed by atoms with Crippen molar-refractivity contribution >= 4 is 16.9 Å². The van der Waals surface area contributed by atoms with Crippen LogP contribution in [0.4, 0.5) is 0 Å². The summed E-state index contributed by atoms with van der Waals surface area (Å²) in [5.74, 6) is 0.354. The van der Waals surface area contributed by atoms with Crippen LogP contribution < -0.4 is 4.74 Å². The molecule has 0 bridgehead atoms. The summed E-state index contributed by atoms with van der Waals surface area (Å²) >= 11 is 0. The summed E-state index contributed by atoms with van der Waals surface area (Å²) in [6, 6.07) is 26.3. The van der Waals surface area contributed by atoms with Gasteiger partial charge in [-0.15, -0.1) is 0 Å². The fourth-order valence-corrected chi connectivity index (χ4v) is 5.72. The minimum Gasteiger partial charge on any atom is -0.490 e. The monoisotopic (exact) mass is 503 g/mol. The fraction of sp³-hybridized carbons (Fsp3) is 0.344. The highest BCUT2D eigenvalue weighted by Gasteiger charge is 2.30. The van der Waals surface area contributed by atoms with E-state index in [0.29, 0.717) is 12.2 Å². The molecule has 0 heterocycles. The summed E-state index contributed by atoms with van der Waals surface area (Å²) in [7, 11) is -0.246. The second-order valence-corrected chi connectivity index (χ2v) is 13.1. The molecule has 0 unspecified atom stereocenters. The molecule has 4 heteroatoms. The first kappa shape index (κ1) is 27.6. The Hall–Kier alpha value is -2.98. The van der Waals surface area contributed by atoms with E-state index in [9.17, 15) is 4.79 Å². The first-order valence-electron chi connectivity index (χ1n) is 12.4. The van der Waals surface area contributed by atoms with Crippen molar-refractivity contribution in [3.63, 3.8) is 0 Å². The minimum atomic E-state index is -0.395. The molecule has 36 heavy (non-hydrogen) atoms. The molecule has 0 saturated heterocycles.